The van der Waals surface area contributed by atoms with E-state index >= 15 is 0 Å². The zero-order valence-corrected chi connectivity index (χ0v) is 14.2. The molecule has 0 aromatic carbocycles. The molecule has 3 N–H and O–H groups in total. The van der Waals surface area contributed by atoms with Crippen molar-refractivity contribution in [1.82, 2.24) is 5.32 Å². The number of amides is 1. The van der Waals surface area contributed by atoms with Gasteiger partial charge in [-0.2, -0.15) is 0 Å². The number of ether oxygens (including phenoxy) is 1. The molecule has 0 aliphatic carbocycles. The number of nitrogens with one attached hydrogen (secondary N) is 1. The van der Waals surface area contributed by atoms with E-state index in [1.54, 1.807) is 0 Å². The summed E-state index contributed by atoms with van der Waals surface area (Å²) in [5.41, 5.74) is 4.97. The molecule has 0 saturated carbocycles. The van der Waals surface area contributed by atoms with Gasteiger partial charge in [-0.25, -0.2) is 0 Å². The van der Waals surface area contributed by atoms with Crippen molar-refractivity contribution in [3.63, 3.8) is 0 Å². The highest BCUT2D eigenvalue weighted by atomic mass is 16.5. The summed E-state index contributed by atoms with van der Waals surface area (Å²) in [4.78, 5) is 23.6. The molecule has 0 aliphatic rings. The molecule has 1 atom stereocenters. The van der Waals surface area contributed by atoms with E-state index in [0.29, 0.717) is 32.5 Å². The minimum absolute atomic E-state index is 0.0207. The average Bonchev–Trinajstić information content (AvgIpc) is 2.38. The largest absolute Gasteiger partial charge is 0.378 e. The van der Waals surface area contributed by atoms with Crippen LogP contribution in [0.2, 0.25) is 0 Å². The van der Waals surface area contributed by atoms with E-state index in [1.165, 1.54) is 0 Å². The molecule has 5 nitrogen and oxygen atoms in total. The highest BCUT2D eigenvalue weighted by Crippen LogP contribution is 2.21. The van der Waals surface area contributed by atoms with Gasteiger partial charge in [-0.15, -0.1) is 0 Å². The van der Waals surface area contributed by atoms with Gasteiger partial charge in [-0.1, -0.05) is 27.7 Å². The Balaban J connectivity index is 4.01. The fourth-order valence-electron chi connectivity index (χ4n) is 1.77. The molecule has 1 unspecified atom stereocenters. The monoisotopic (exact) mass is 300 g/mol. The van der Waals surface area contributed by atoms with Gasteiger partial charge in [0.05, 0.1) is 6.10 Å². The molecule has 0 radical (unpaired) electrons. The molecule has 0 fully saturated rings. The lowest BCUT2D eigenvalue weighted by molar-refractivity contribution is -0.130. The molecule has 0 rings (SSSR count). The minimum atomic E-state index is -0.497. The first-order valence-electron chi connectivity index (χ1n) is 7.83. The molecule has 0 aliphatic heterocycles. The number of nitrogens with two attached hydrogens (primary N) is 1. The van der Waals surface area contributed by atoms with Crippen LogP contribution in [0.5, 0.6) is 0 Å². The molecule has 0 aromatic heterocycles. The first-order chi connectivity index (χ1) is 9.70. The topological polar surface area (TPSA) is 81.4 Å². The van der Waals surface area contributed by atoms with Gasteiger partial charge in [-0.3, -0.25) is 9.59 Å². The molecule has 0 heterocycles. The predicted molar refractivity (Wildman–Crippen MR) is 85.0 cm³/mol. The quantitative estimate of drug-likeness (QED) is 0.610. The number of hydrogen-bond acceptors (Lipinski definition) is 4. The third-order valence-corrected chi connectivity index (χ3v) is 3.62. The molecule has 1 amide bonds. The number of hydrogen-bond donors (Lipinski definition) is 2. The summed E-state index contributed by atoms with van der Waals surface area (Å²) in [6.45, 7) is 11.1. The molecule has 0 saturated heterocycles. The Morgan fingerprint density at radius 1 is 1.24 bits per heavy atom. The number of Topliss-reactive ketones (excluding diaryl/α,β-unsaturated/α-hetero) is 1. The summed E-state index contributed by atoms with van der Waals surface area (Å²) in [5, 5.41) is 2.84. The lowest BCUT2D eigenvalue weighted by Crippen LogP contribution is -2.39. The Labute approximate surface area is 129 Å². The van der Waals surface area contributed by atoms with Crippen LogP contribution >= 0.6 is 0 Å². The first kappa shape index (κ1) is 20.1. The summed E-state index contributed by atoms with van der Waals surface area (Å²) in [7, 11) is 0. The van der Waals surface area contributed by atoms with Crippen LogP contribution in [-0.2, 0) is 14.3 Å². The Hall–Kier alpha value is -0.940. The average molecular weight is 300 g/mol. The molecular weight excluding hydrogens is 268 g/mol. The van der Waals surface area contributed by atoms with Crippen LogP contribution in [0, 0.1) is 11.3 Å². The van der Waals surface area contributed by atoms with Gasteiger partial charge in [0.25, 0.3) is 0 Å². The summed E-state index contributed by atoms with van der Waals surface area (Å²) in [6.07, 6.45) is 1.98. The van der Waals surface area contributed by atoms with Gasteiger partial charge in [0.1, 0.15) is 5.78 Å². The number of carbonyl (C=O) groups is 2. The second-order valence-corrected chi connectivity index (χ2v) is 6.52. The van der Waals surface area contributed by atoms with Crippen LogP contribution in [0.4, 0.5) is 0 Å². The van der Waals surface area contributed by atoms with Crippen molar-refractivity contribution < 1.29 is 14.3 Å². The van der Waals surface area contributed by atoms with Crippen molar-refractivity contribution in [2.75, 3.05) is 19.7 Å². The Morgan fingerprint density at radius 3 is 2.38 bits per heavy atom. The number of carbonyl (C=O) groups excluding carboxylic acids is 2. The number of ketones is 1. The summed E-state index contributed by atoms with van der Waals surface area (Å²) < 4.78 is 5.63. The van der Waals surface area contributed by atoms with Crippen LogP contribution in [-0.4, -0.2) is 37.5 Å². The lowest BCUT2D eigenvalue weighted by Gasteiger charge is -2.24. The van der Waals surface area contributed by atoms with E-state index in [2.05, 4.69) is 5.32 Å². The second kappa shape index (κ2) is 9.90. The van der Waals surface area contributed by atoms with Crippen LogP contribution in [0.25, 0.3) is 0 Å². The van der Waals surface area contributed by atoms with Crippen molar-refractivity contribution in [3.8, 4) is 0 Å². The van der Waals surface area contributed by atoms with Crippen molar-refractivity contribution in [2.24, 2.45) is 17.1 Å². The smallest absolute Gasteiger partial charge is 0.225 e. The predicted octanol–water partition coefficient (Wildman–Crippen LogP) is 1.89. The van der Waals surface area contributed by atoms with Gasteiger partial charge in [0.2, 0.25) is 5.91 Å². The molecule has 0 bridgehead atoms. The lowest BCUT2D eigenvalue weighted by atomic mass is 9.88. The molecule has 0 spiro atoms. The van der Waals surface area contributed by atoms with Crippen molar-refractivity contribution in [3.05, 3.63) is 0 Å². The van der Waals surface area contributed by atoms with Crippen LogP contribution in [0.15, 0.2) is 0 Å². The maximum absolute atomic E-state index is 12.1. The Morgan fingerprint density at radius 2 is 1.86 bits per heavy atom. The van der Waals surface area contributed by atoms with Gasteiger partial charge in [0.15, 0.2) is 0 Å². The van der Waals surface area contributed by atoms with E-state index < -0.39 is 5.41 Å². The Bertz CT molecular complexity index is 327. The highest BCUT2D eigenvalue weighted by Gasteiger charge is 2.27. The van der Waals surface area contributed by atoms with Crippen LogP contribution < -0.4 is 11.1 Å². The molecule has 5 heteroatoms. The van der Waals surface area contributed by atoms with Crippen molar-refractivity contribution in [2.45, 2.75) is 60.0 Å². The second-order valence-electron chi connectivity index (χ2n) is 6.52. The van der Waals surface area contributed by atoms with Gasteiger partial charge >= 0.3 is 0 Å². The summed E-state index contributed by atoms with van der Waals surface area (Å²) in [6, 6.07) is 0. The maximum atomic E-state index is 12.1. The molecule has 21 heavy (non-hydrogen) atoms. The fourth-order valence-corrected chi connectivity index (χ4v) is 1.77. The summed E-state index contributed by atoms with van der Waals surface area (Å²) >= 11 is 0. The maximum Gasteiger partial charge on any atom is 0.225 e. The van der Waals surface area contributed by atoms with Gasteiger partial charge in [-0.05, 0) is 26.3 Å². The van der Waals surface area contributed by atoms with E-state index in [-0.39, 0.29) is 23.7 Å². The van der Waals surface area contributed by atoms with Gasteiger partial charge in [0, 0.05) is 30.9 Å². The van der Waals surface area contributed by atoms with E-state index in [1.807, 2.05) is 34.6 Å². The zero-order valence-electron chi connectivity index (χ0n) is 14.2. The first-order valence-corrected chi connectivity index (χ1v) is 7.83. The van der Waals surface area contributed by atoms with E-state index in [9.17, 15) is 9.59 Å². The normalized spacial score (nSPS) is 13.3. The molecule has 124 valence electrons. The fraction of sp³-hybridized carbons (Fsp3) is 0.875. The van der Waals surface area contributed by atoms with Crippen molar-refractivity contribution in [1.29, 1.82) is 0 Å². The third-order valence-electron chi connectivity index (χ3n) is 3.62. The summed E-state index contributed by atoms with van der Waals surface area (Å²) in [5.74, 6) is 0.161. The van der Waals surface area contributed by atoms with Crippen molar-refractivity contribution >= 4 is 11.7 Å². The minimum Gasteiger partial charge on any atom is -0.378 e. The standard InChI is InChI=1S/C16H32N2O3/c1-12(2)14(19)7-10-18-15(20)16(4,5)8-11-21-13(3)6-9-17/h12-13H,6-11,17H2,1-5H3,(H,18,20). The SMILES string of the molecule is CC(CCN)OCCC(C)(C)C(=O)NCCC(=O)C(C)C. The van der Waals surface area contributed by atoms with Crippen LogP contribution in [0.3, 0.4) is 0 Å². The van der Waals surface area contributed by atoms with Gasteiger partial charge < -0.3 is 15.8 Å². The zero-order chi connectivity index (χ0) is 16.5. The molecular formula is C16H32N2O3. The van der Waals surface area contributed by atoms with E-state index in [0.717, 1.165) is 6.42 Å². The van der Waals surface area contributed by atoms with Crippen LogP contribution in [0.1, 0.15) is 53.9 Å². The molecule has 0 aromatic rings. The number of rotatable bonds is 11. The Kier molecular flexibility index (Phi) is 9.46. The van der Waals surface area contributed by atoms with E-state index in [4.69, 9.17) is 10.5 Å². The highest BCUT2D eigenvalue weighted by molar-refractivity contribution is 5.83. The third kappa shape index (κ3) is 8.83.